The molecule has 0 spiro atoms. The molecule has 2 heterocycles. The average Bonchev–Trinajstić information content (AvgIpc) is 3.43. The summed E-state index contributed by atoms with van der Waals surface area (Å²) in [5.41, 5.74) is 3.95. The maximum atomic E-state index is 14.0. The number of carbonyl (C=O) groups excluding carboxylic acids is 3. The Labute approximate surface area is 280 Å². The fourth-order valence-corrected chi connectivity index (χ4v) is 5.35. The van der Waals surface area contributed by atoms with Gasteiger partial charge >= 0.3 is 6.09 Å². The molecule has 1 aliphatic rings. The van der Waals surface area contributed by atoms with Crippen molar-refractivity contribution in [3.8, 4) is 28.8 Å². The molecular weight excluding hydrogens is 608 g/mol. The number of nitrogens with one attached hydrogen (secondary N) is 3. The minimum atomic E-state index is -1.04. The maximum absolute atomic E-state index is 14.0. The molecule has 2 atom stereocenters. The number of aryl methyl sites for hydroxylation is 2. The fraction of sp³-hybridized carbons (Fsp3) is 0.297. The summed E-state index contributed by atoms with van der Waals surface area (Å²) in [5, 5.41) is 23.8. The van der Waals surface area contributed by atoms with E-state index >= 15 is 0 Å². The number of phenolic OH excluding ortho intramolecular Hbond substituents is 1. The van der Waals surface area contributed by atoms with Crippen molar-refractivity contribution in [2.24, 2.45) is 7.05 Å². The molecular formula is C37H40N6O5. The molecule has 1 aromatic heterocycles. The number of ether oxygens (including phenoxy) is 1. The third kappa shape index (κ3) is 8.40. The first-order valence-electron chi connectivity index (χ1n) is 15.7. The molecule has 0 saturated carbocycles. The van der Waals surface area contributed by atoms with Crippen molar-refractivity contribution in [3.63, 3.8) is 0 Å². The number of anilines is 1. The van der Waals surface area contributed by atoms with Gasteiger partial charge in [0.2, 0.25) is 5.91 Å². The van der Waals surface area contributed by atoms with Crippen LogP contribution in [0.5, 0.6) is 5.75 Å². The van der Waals surface area contributed by atoms with Crippen LogP contribution in [0.3, 0.4) is 0 Å². The lowest BCUT2D eigenvalue weighted by atomic mass is 10.0. The van der Waals surface area contributed by atoms with Crippen LogP contribution < -0.4 is 16.0 Å². The highest BCUT2D eigenvalue weighted by molar-refractivity contribution is 5.99. The van der Waals surface area contributed by atoms with Crippen LogP contribution in [0.2, 0.25) is 0 Å². The average molecular weight is 649 g/mol. The number of carbonyl (C=O) groups is 3. The molecule has 3 aromatic carbocycles. The summed E-state index contributed by atoms with van der Waals surface area (Å²) < 4.78 is 7.09. The zero-order chi connectivity index (χ0) is 34.4. The van der Waals surface area contributed by atoms with Crippen molar-refractivity contribution in [2.75, 3.05) is 25.0 Å². The van der Waals surface area contributed by atoms with Crippen LogP contribution in [-0.4, -0.2) is 69.0 Å². The molecule has 0 radical (unpaired) electrons. The standard InChI is InChI=1S/C37H40N6O5/c1-24-11-18-31(44)29(21-24)32-27(23-42(5)41-32)15-12-25-13-16-28(17-14-25)39-34(45)30-22-38-19-20-43(30)35(46)33(26-9-7-6-8-10-26)40-36(47)48-37(2,3)4/h6-11,13-14,16-18,21,23,30,33,38,44H,19-20,22H2,1-5H3,(H,39,45)(H,40,47)/t30-,33+/m0/s1. The van der Waals surface area contributed by atoms with Gasteiger partial charge in [0.05, 0.1) is 5.56 Å². The Morgan fingerprint density at radius 2 is 1.77 bits per heavy atom. The number of nitrogens with zero attached hydrogens (tertiary/aromatic N) is 3. The number of alkyl carbamates (subject to hydrolysis) is 1. The SMILES string of the molecule is Cc1ccc(O)c(-c2nn(C)cc2C#Cc2ccc(NC(=O)[C@@H]3CNCCN3C(=O)[C@H](NC(=O)OC(C)(C)C)c3ccccc3)cc2)c1. The van der Waals surface area contributed by atoms with E-state index in [1.54, 1.807) is 93.3 Å². The zero-order valence-electron chi connectivity index (χ0n) is 27.7. The zero-order valence-corrected chi connectivity index (χ0v) is 27.7. The van der Waals surface area contributed by atoms with Crippen LogP contribution in [0, 0.1) is 18.8 Å². The lowest BCUT2D eigenvalue weighted by molar-refractivity contribution is -0.141. The summed E-state index contributed by atoms with van der Waals surface area (Å²) in [6.45, 7) is 8.22. The monoisotopic (exact) mass is 648 g/mol. The van der Waals surface area contributed by atoms with Gasteiger partial charge in [-0.3, -0.25) is 14.3 Å². The molecule has 4 N–H and O–H groups in total. The summed E-state index contributed by atoms with van der Waals surface area (Å²) >= 11 is 0. The van der Waals surface area contributed by atoms with Crippen molar-refractivity contribution in [3.05, 3.63) is 101 Å². The second-order valence-corrected chi connectivity index (χ2v) is 12.6. The number of aromatic nitrogens is 2. The topological polar surface area (TPSA) is 138 Å². The van der Waals surface area contributed by atoms with Gasteiger partial charge < -0.3 is 30.7 Å². The Hall–Kier alpha value is -5.60. The minimum absolute atomic E-state index is 0.130. The van der Waals surface area contributed by atoms with E-state index in [2.05, 4.69) is 32.9 Å². The lowest BCUT2D eigenvalue weighted by Gasteiger charge is -2.37. The number of piperazine rings is 1. The van der Waals surface area contributed by atoms with Gasteiger partial charge in [-0.2, -0.15) is 5.10 Å². The van der Waals surface area contributed by atoms with Crippen molar-refractivity contribution in [2.45, 2.75) is 45.4 Å². The van der Waals surface area contributed by atoms with Gasteiger partial charge in [-0.05, 0) is 69.7 Å². The number of hydrogen-bond donors (Lipinski definition) is 4. The first-order chi connectivity index (χ1) is 22.9. The Balaban J connectivity index is 1.30. The predicted molar refractivity (Wildman–Crippen MR) is 183 cm³/mol. The van der Waals surface area contributed by atoms with Gasteiger partial charge in [0.1, 0.15) is 29.1 Å². The number of hydrogen-bond acceptors (Lipinski definition) is 7. The number of amides is 3. The molecule has 1 aliphatic heterocycles. The van der Waals surface area contributed by atoms with E-state index in [9.17, 15) is 19.5 Å². The quantitative estimate of drug-likeness (QED) is 0.226. The Kier molecular flexibility index (Phi) is 10.2. The highest BCUT2D eigenvalue weighted by atomic mass is 16.6. The molecule has 1 saturated heterocycles. The summed E-state index contributed by atoms with van der Waals surface area (Å²) in [7, 11) is 1.80. The van der Waals surface area contributed by atoms with Crippen LogP contribution in [0.4, 0.5) is 10.5 Å². The molecule has 0 bridgehead atoms. The Bertz CT molecular complexity index is 1850. The summed E-state index contributed by atoms with van der Waals surface area (Å²) in [4.78, 5) is 41.8. The van der Waals surface area contributed by atoms with Crippen molar-refractivity contribution in [1.29, 1.82) is 0 Å². The molecule has 0 aliphatic carbocycles. The third-order valence-corrected chi connectivity index (χ3v) is 7.60. The predicted octanol–water partition coefficient (Wildman–Crippen LogP) is 4.51. The first-order valence-corrected chi connectivity index (χ1v) is 15.7. The normalized spacial score (nSPS) is 15.1. The minimum Gasteiger partial charge on any atom is -0.507 e. The number of rotatable bonds is 6. The Morgan fingerprint density at radius 3 is 2.48 bits per heavy atom. The lowest BCUT2D eigenvalue weighted by Crippen LogP contribution is -2.60. The van der Waals surface area contributed by atoms with Gasteiger partial charge in [0.25, 0.3) is 5.91 Å². The largest absolute Gasteiger partial charge is 0.507 e. The van der Waals surface area contributed by atoms with Gasteiger partial charge in [-0.15, -0.1) is 0 Å². The van der Waals surface area contributed by atoms with Crippen molar-refractivity contribution < 1.29 is 24.2 Å². The van der Waals surface area contributed by atoms with Gasteiger partial charge in [-0.1, -0.05) is 53.8 Å². The van der Waals surface area contributed by atoms with Crippen LogP contribution in [0.25, 0.3) is 11.3 Å². The van der Waals surface area contributed by atoms with E-state index in [1.807, 2.05) is 25.1 Å². The molecule has 1 fully saturated rings. The van der Waals surface area contributed by atoms with E-state index in [0.29, 0.717) is 40.2 Å². The van der Waals surface area contributed by atoms with E-state index < -0.39 is 29.7 Å². The smallest absolute Gasteiger partial charge is 0.408 e. The summed E-state index contributed by atoms with van der Waals surface area (Å²) in [6.07, 6.45) is 1.08. The number of benzene rings is 3. The second kappa shape index (κ2) is 14.4. The second-order valence-electron chi connectivity index (χ2n) is 12.6. The van der Waals surface area contributed by atoms with Crippen molar-refractivity contribution in [1.82, 2.24) is 25.3 Å². The van der Waals surface area contributed by atoms with Crippen LogP contribution in [0.15, 0.2) is 79.0 Å². The molecule has 248 valence electrons. The molecule has 11 nitrogen and oxygen atoms in total. The Morgan fingerprint density at radius 1 is 1.04 bits per heavy atom. The van der Waals surface area contributed by atoms with Gasteiger partial charge in [0, 0.05) is 49.7 Å². The number of phenols is 1. The van der Waals surface area contributed by atoms with Crippen LogP contribution in [-0.2, 0) is 21.4 Å². The molecule has 11 heteroatoms. The molecule has 48 heavy (non-hydrogen) atoms. The summed E-state index contributed by atoms with van der Waals surface area (Å²) in [5.74, 6) is 5.65. The maximum Gasteiger partial charge on any atom is 0.408 e. The highest BCUT2D eigenvalue weighted by Gasteiger charge is 2.37. The molecule has 3 amide bonds. The van der Waals surface area contributed by atoms with E-state index in [1.165, 1.54) is 4.90 Å². The van der Waals surface area contributed by atoms with Crippen LogP contribution in [0.1, 0.15) is 49.1 Å². The number of aromatic hydroxyl groups is 1. The van der Waals surface area contributed by atoms with E-state index in [-0.39, 0.29) is 24.7 Å². The highest BCUT2D eigenvalue weighted by Crippen LogP contribution is 2.31. The van der Waals surface area contributed by atoms with E-state index in [4.69, 9.17) is 4.74 Å². The molecule has 4 aromatic rings. The fourth-order valence-electron chi connectivity index (χ4n) is 5.35. The molecule has 5 rings (SSSR count). The van der Waals surface area contributed by atoms with Gasteiger partial charge in [0.15, 0.2) is 0 Å². The summed E-state index contributed by atoms with van der Waals surface area (Å²) in [6, 6.07) is 19.5. The first kappa shape index (κ1) is 33.8. The van der Waals surface area contributed by atoms with E-state index in [0.717, 1.165) is 5.56 Å². The van der Waals surface area contributed by atoms with Crippen molar-refractivity contribution >= 4 is 23.6 Å². The molecule has 0 unspecified atom stereocenters. The van der Waals surface area contributed by atoms with Crippen LogP contribution >= 0.6 is 0 Å². The third-order valence-electron chi connectivity index (χ3n) is 7.60. The van der Waals surface area contributed by atoms with Gasteiger partial charge in [-0.25, -0.2) is 4.79 Å².